The van der Waals surface area contributed by atoms with Crippen LogP contribution in [-0.4, -0.2) is 32.9 Å². The lowest BCUT2D eigenvalue weighted by Crippen LogP contribution is -2.39. The number of nitrogens with zero attached hydrogens (tertiary/aromatic N) is 2. The zero-order valence-electron chi connectivity index (χ0n) is 13.6. The summed E-state index contributed by atoms with van der Waals surface area (Å²) in [5.74, 6) is -0.732. The van der Waals surface area contributed by atoms with E-state index in [1.54, 1.807) is 0 Å². The molecule has 0 radical (unpaired) electrons. The molecule has 0 spiro atoms. The molecule has 0 bridgehead atoms. The summed E-state index contributed by atoms with van der Waals surface area (Å²) in [6.07, 6.45) is 4.96. The van der Waals surface area contributed by atoms with Crippen LogP contribution in [0.25, 0.3) is 0 Å². The lowest BCUT2D eigenvalue weighted by atomic mass is 10.1. The van der Waals surface area contributed by atoms with E-state index in [9.17, 15) is 9.59 Å². The number of carboxylic acid groups (broad SMARTS) is 1. The van der Waals surface area contributed by atoms with E-state index in [1.807, 2.05) is 35.2 Å². The average Bonchev–Trinajstić information content (AvgIpc) is 3.44. The van der Waals surface area contributed by atoms with E-state index < -0.39 is 5.97 Å². The lowest BCUT2D eigenvalue weighted by molar-refractivity contribution is 0.0654. The van der Waals surface area contributed by atoms with Gasteiger partial charge in [0, 0.05) is 25.0 Å². The molecule has 1 atom stereocenters. The quantitative estimate of drug-likeness (QED) is 0.885. The van der Waals surface area contributed by atoms with Crippen LogP contribution in [0.15, 0.2) is 48.8 Å². The Morgan fingerprint density at radius 3 is 2.50 bits per heavy atom. The van der Waals surface area contributed by atoms with Crippen LogP contribution < -0.4 is 0 Å². The Hall–Kier alpha value is -2.69. The number of carboxylic acids is 1. The van der Waals surface area contributed by atoms with Gasteiger partial charge in [-0.05, 0) is 37.3 Å². The maximum absolute atomic E-state index is 13.0. The number of aromatic carboxylic acids is 1. The number of amides is 1. The van der Waals surface area contributed by atoms with E-state index in [4.69, 9.17) is 5.11 Å². The molecule has 1 heterocycles. The van der Waals surface area contributed by atoms with Crippen molar-refractivity contribution in [1.29, 1.82) is 0 Å². The third-order valence-corrected chi connectivity index (χ3v) is 4.48. The number of rotatable bonds is 6. The third-order valence-electron chi connectivity index (χ3n) is 4.48. The highest BCUT2D eigenvalue weighted by atomic mass is 16.4. The van der Waals surface area contributed by atoms with Crippen molar-refractivity contribution in [3.8, 4) is 0 Å². The molecule has 2 aromatic rings. The molecule has 1 aliphatic rings. The highest BCUT2D eigenvalue weighted by Crippen LogP contribution is 2.36. The number of carbonyl (C=O) groups is 2. The van der Waals surface area contributed by atoms with Crippen LogP contribution in [-0.2, 0) is 6.54 Å². The molecule has 24 heavy (non-hydrogen) atoms. The summed E-state index contributed by atoms with van der Waals surface area (Å²) in [4.78, 5) is 29.9. The van der Waals surface area contributed by atoms with Crippen molar-refractivity contribution in [3.63, 3.8) is 0 Å². The van der Waals surface area contributed by atoms with Crippen LogP contribution in [0.1, 0.15) is 46.0 Å². The Morgan fingerprint density at radius 2 is 1.88 bits per heavy atom. The molecule has 1 fully saturated rings. The summed E-state index contributed by atoms with van der Waals surface area (Å²) in [5.41, 5.74) is 1.40. The Kier molecular flexibility index (Phi) is 4.60. The van der Waals surface area contributed by atoms with Gasteiger partial charge in [0.05, 0.1) is 11.1 Å². The van der Waals surface area contributed by atoms with Crippen molar-refractivity contribution in [1.82, 2.24) is 9.88 Å². The highest BCUT2D eigenvalue weighted by Gasteiger charge is 2.34. The normalized spacial score (nSPS) is 14.9. The standard InChI is InChI=1S/C19H20N2O3/c1-13(15-7-8-15)21(12-14-5-3-2-4-6-14)18(22)16-9-17(19(23)24)11-20-10-16/h2-6,9-11,13,15H,7-8,12H2,1H3,(H,23,24). The van der Waals surface area contributed by atoms with Crippen LogP contribution >= 0.6 is 0 Å². The topological polar surface area (TPSA) is 70.5 Å². The van der Waals surface area contributed by atoms with Crippen LogP contribution in [0.3, 0.4) is 0 Å². The minimum Gasteiger partial charge on any atom is -0.478 e. The fourth-order valence-corrected chi connectivity index (χ4v) is 2.85. The van der Waals surface area contributed by atoms with Gasteiger partial charge in [-0.3, -0.25) is 9.78 Å². The van der Waals surface area contributed by atoms with Crippen molar-refractivity contribution >= 4 is 11.9 Å². The monoisotopic (exact) mass is 324 g/mol. The third kappa shape index (κ3) is 3.62. The molecular weight excluding hydrogens is 304 g/mol. The number of hydrogen-bond donors (Lipinski definition) is 1. The fourth-order valence-electron chi connectivity index (χ4n) is 2.85. The van der Waals surface area contributed by atoms with Gasteiger partial charge in [-0.25, -0.2) is 4.79 Å². The lowest BCUT2D eigenvalue weighted by Gasteiger charge is -2.29. The second kappa shape index (κ2) is 6.83. The number of pyridine rings is 1. The van der Waals surface area contributed by atoms with E-state index in [-0.39, 0.29) is 17.5 Å². The molecule has 0 saturated heterocycles. The van der Waals surface area contributed by atoms with Crippen molar-refractivity contribution < 1.29 is 14.7 Å². The SMILES string of the molecule is CC(C1CC1)N(Cc1ccccc1)C(=O)c1cncc(C(=O)O)c1. The zero-order valence-corrected chi connectivity index (χ0v) is 13.6. The molecule has 1 unspecified atom stereocenters. The van der Waals surface area contributed by atoms with Gasteiger partial charge in [-0.1, -0.05) is 30.3 Å². The first-order chi connectivity index (χ1) is 11.6. The van der Waals surface area contributed by atoms with E-state index in [1.165, 1.54) is 18.5 Å². The van der Waals surface area contributed by atoms with Crippen LogP contribution in [0.2, 0.25) is 0 Å². The van der Waals surface area contributed by atoms with Crippen LogP contribution in [0, 0.1) is 5.92 Å². The number of carbonyl (C=O) groups excluding carboxylic acids is 1. The van der Waals surface area contributed by atoms with E-state index in [2.05, 4.69) is 11.9 Å². The second-order valence-electron chi connectivity index (χ2n) is 6.26. The van der Waals surface area contributed by atoms with Gasteiger partial charge in [0.1, 0.15) is 0 Å². The van der Waals surface area contributed by atoms with Gasteiger partial charge in [0.25, 0.3) is 5.91 Å². The summed E-state index contributed by atoms with van der Waals surface area (Å²) in [7, 11) is 0. The van der Waals surface area contributed by atoms with Gasteiger partial charge in [-0.2, -0.15) is 0 Å². The first-order valence-electron chi connectivity index (χ1n) is 8.09. The van der Waals surface area contributed by atoms with Crippen LogP contribution in [0.5, 0.6) is 0 Å². The summed E-state index contributed by atoms with van der Waals surface area (Å²) in [6.45, 7) is 2.57. The average molecular weight is 324 g/mol. The number of aromatic nitrogens is 1. The summed E-state index contributed by atoms with van der Waals surface area (Å²) >= 11 is 0. The maximum atomic E-state index is 13.0. The molecule has 0 aliphatic heterocycles. The van der Waals surface area contributed by atoms with E-state index in [0.717, 1.165) is 18.4 Å². The molecular formula is C19H20N2O3. The Morgan fingerprint density at radius 1 is 1.21 bits per heavy atom. The zero-order chi connectivity index (χ0) is 17.1. The van der Waals surface area contributed by atoms with Crippen molar-refractivity contribution in [2.75, 3.05) is 0 Å². The fraction of sp³-hybridized carbons (Fsp3) is 0.316. The largest absolute Gasteiger partial charge is 0.478 e. The predicted molar refractivity (Wildman–Crippen MR) is 89.7 cm³/mol. The van der Waals surface area contributed by atoms with Gasteiger partial charge in [0.2, 0.25) is 0 Å². The van der Waals surface area contributed by atoms with Gasteiger partial charge in [-0.15, -0.1) is 0 Å². The smallest absolute Gasteiger partial charge is 0.337 e. The molecule has 124 valence electrons. The summed E-state index contributed by atoms with van der Waals surface area (Å²) in [5, 5.41) is 9.11. The maximum Gasteiger partial charge on any atom is 0.337 e. The Bertz CT molecular complexity index is 741. The number of benzene rings is 1. The van der Waals surface area contributed by atoms with Gasteiger partial charge in [0.15, 0.2) is 0 Å². The van der Waals surface area contributed by atoms with Crippen LogP contribution in [0.4, 0.5) is 0 Å². The minimum atomic E-state index is -1.08. The molecule has 1 aliphatic carbocycles. The molecule has 1 aromatic carbocycles. The summed E-state index contributed by atoms with van der Waals surface area (Å²) < 4.78 is 0. The molecule has 3 rings (SSSR count). The minimum absolute atomic E-state index is 0.0274. The predicted octanol–water partition coefficient (Wildman–Crippen LogP) is 3.22. The molecule has 1 amide bonds. The Balaban J connectivity index is 1.88. The molecule has 1 aromatic heterocycles. The first-order valence-corrected chi connectivity index (χ1v) is 8.09. The van der Waals surface area contributed by atoms with E-state index >= 15 is 0 Å². The second-order valence-corrected chi connectivity index (χ2v) is 6.26. The number of hydrogen-bond acceptors (Lipinski definition) is 3. The van der Waals surface area contributed by atoms with Gasteiger partial charge >= 0.3 is 5.97 Å². The molecule has 5 nitrogen and oxygen atoms in total. The Labute approximate surface area is 140 Å². The van der Waals surface area contributed by atoms with Crippen molar-refractivity contribution in [3.05, 3.63) is 65.5 Å². The molecule has 1 N–H and O–H groups in total. The highest BCUT2D eigenvalue weighted by molar-refractivity contribution is 5.97. The van der Waals surface area contributed by atoms with Crippen molar-refractivity contribution in [2.45, 2.75) is 32.4 Å². The summed E-state index contributed by atoms with van der Waals surface area (Å²) in [6, 6.07) is 11.3. The van der Waals surface area contributed by atoms with Crippen molar-refractivity contribution in [2.24, 2.45) is 5.92 Å². The molecule has 5 heteroatoms. The first kappa shape index (κ1) is 16.2. The van der Waals surface area contributed by atoms with Gasteiger partial charge < -0.3 is 10.0 Å². The molecule has 1 saturated carbocycles. The van der Waals surface area contributed by atoms with E-state index in [0.29, 0.717) is 18.0 Å².